The van der Waals surface area contributed by atoms with Gasteiger partial charge in [0.25, 0.3) is 5.91 Å². The van der Waals surface area contributed by atoms with E-state index in [9.17, 15) is 9.59 Å². The number of anilines is 1. The third kappa shape index (κ3) is 5.60. The molecule has 1 amide bonds. The molecule has 2 rings (SSSR count). The zero-order valence-electron chi connectivity index (χ0n) is 12.4. The summed E-state index contributed by atoms with van der Waals surface area (Å²) in [6.45, 7) is 1.19. The lowest BCUT2D eigenvalue weighted by Crippen LogP contribution is -2.31. The second-order valence-electron chi connectivity index (χ2n) is 4.58. The van der Waals surface area contributed by atoms with E-state index in [0.29, 0.717) is 16.6 Å². The Morgan fingerprint density at radius 2 is 1.96 bits per heavy atom. The number of benzene rings is 1. The smallest absolute Gasteiger partial charge is 0.344 e. The Bertz CT molecular complexity index is 662. The lowest BCUT2D eigenvalue weighted by atomic mass is 10.3. The number of carbonyl (C=O) groups is 2. The average Bonchev–Trinajstić information content (AvgIpc) is 2.56. The normalized spacial score (nSPS) is 11.4. The number of rotatable bonds is 6. The summed E-state index contributed by atoms with van der Waals surface area (Å²) < 4.78 is 10.2. The molecule has 0 aliphatic heterocycles. The highest BCUT2D eigenvalue weighted by Crippen LogP contribution is 2.11. The molecule has 1 heterocycles. The minimum absolute atomic E-state index is 0.277. The monoisotopic (exact) mass is 334 g/mol. The fourth-order valence-electron chi connectivity index (χ4n) is 1.62. The van der Waals surface area contributed by atoms with E-state index in [0.717, 1.165) is 0 Å². The van der Waals surface area contributed by atoms with E-state index in [1.165, 1.54) is 13.1 Å². The lowest BCUT2D eigenvalue weighted by molar-refractivity contribution is -0.155. The molecule has 0 spiro atoms. The number of aromatic nitrogens is 1. The number of ether oxygens (including phenoxy) is 2. The minimum Gasteiger partial charge on any atom is -0.482 e. The van der Waals surface area contributed by atoms with Crippen molar-refractivity contribution in [1.82, 2.24) is 4.98 Å². The van der Waals surface area contributed by atoms with Crippen molar-refractivity contribution in [2.75, 3.05) is 11.9 Å². The highest BCUT2D eigenvalue weighted by Gasteiger charge is 2.18. The van der Waals surface area contributed by atoms with Crippen molar-refractivity contribution in [3.05, 3.63) is 53.7 Å². The summed E-state index contributed by atoms with van der Waals surface area (Å²) in [5.74, 6) is -0.261. The number of nitrogens with one attached hydrogen (secondary N) is 1. The van der Waals surface area contributed by atoms with Crippen LogP contribution in [-0.4, -0.2) is 29.6 Å². The predicted molar refractivity (Wildman–Crippen MR) is 85.4 cm³/mol. The van der Waals surface area contributed by atoms with Gasteiger partial charge in [0.1, 0.15) is 11.6 Å². The van der Waals surface area contributed by atoms with Crippen LogP contribution in [0.1, 0.15) is 6.92 Å². The first kappa shape index (κ1) is 16.8. The zero-order chi connectivity index (χ0) is 16.7. The van der Waals surface area contributed by atoms with Gasteiger partial charge in [0.05, 0.1) is 5.02 Å². The Morgan fingerprint density at radius 3 is 2.61 bits per heavy atom. The molecule has 23 heavy (non-hydrogen) atoms. The van der Waals surface area contributed by atoms with Gasteiger partial charge in [0, 0.05) is 6.20 Å². The molecule has 0 unspecified atom stereocenters. The molecule has 2 aromatic rings. The minimum atomic E-state index is -0.973. The molecule has 1 atom stereocenters. The summed E-state index contributed by atoms with van der Waals surface area (Å²) in [4.78, 5) is 27.5. The fourth-order valence-corrected chi connectivity index (χ4v) is 1.73. The number of hydrogen-bond acceptors (Lipinski definition) is 5. The van der Waals surface area contributed by atoms with Crippen LogP contribution in [-0.2, 0) is 14.3 Å². The van der Waals surface area contributed by atoms with Crippen LogP contribution in [0.15, 0.2) is 48.7 Å². The predicted octanol–water partition coefficient (Wildman–Crippen LogP) is 2.68. The molecular formula is C16H15ClN2O4. The first-order valence-electron chi connectivity index (χ1n) is 6.84. The van der Waals surface area contributed by atoms with Crippen LogP contribution in [0.5, 0.6) is 5.75 Å². The van der Waals surface area contributed by atoms with Gasteiger partial charge in [0.2, 0.25) is 0 Å². The van der Waals surface area contributed by atoms with E-state index >= 15 is 0 Å². The van der Waals surface area contributed by atoms with Crippen molar-refractivity contribution in [3.63, 3.8) is 0 Å². The van der Waals surface area contributed by atoms with Crippen molar-refractivity contribution in [1.29, 1.82) is 0 Å². The van der Waals surface area contributed by atoms with Crippen molar-refractivity contribution < 1.29 is 19.1 Å². The van der Waals surface area contributed by atoms with E-state index in [4.69, 9.17) is 21.1 Å². The van der Waals surface area contributed by atoms with E-state index in [1.807, 2.05) is 6.07 Å². The van der Waals surface area contributed by atoms with Gasteiger partial charge in [-0.1, -0.05) is 29.8 Å². The third-order valence-electron chi connectivity index (χ3n) is 2.76. The number of carbonyl (C=O) groups excluding carboxylic acids is 2. The zero-order valence-corrected chi connectivity index (χ0v) is 13.1. The molecule has 0 bridgehead atoms. The molecule has 0 aliphatic rings. The standard InChI is InChI=1S/C16H15ClN2O4/c1-11(16(21)19-14-8-7-12(17)9-18-14)23-15(20)10-22-13-5-3-2-4-6-13/h2-9,11H,10H2,1H3,(H,18,19,21)/t11-/m1/s1. The number of halogens is 1. The maximum absolute atomic E-state index is 11.9. The summed E-state index contributed by atoms with van der Waals surface area (Å²) >= 11 is 5.71. The Labute approximate surface area is 138 Å². The third-order valence-corrected chi connectivity index (χ3v) is 2.98. The number of pyridine rings is 1. The van der Waals surface area contributed by atoms with E-state index < -0.39 is 18.0 Å². The van der Waals surface area contributed by atoms with Gasteiger partial charge in [-0.3, -0.25) is 4.79 Å². The van der Waals surface area contributed by atoms with Crippen LogP contribution in [0.4, 0.5) is 5.82 Å². The molecule has 1 N–H and O–H groups in total. The maximum atomic E-state index is 11.9. The SMILES string of the molecule is C[C@@H](OC(=O)COc1ccccc1)C(=O)Nc1ccc(Cl)cn1. The van der Waals surface area contributed by atoms with Crippen LogP contribution in [0, 0.1) is 0 Å². The van der Waals surface area contributed by atoms with Crippen LogP contribution in [0.3, 0.4) is 0 Å². The van der Waals surface area contributed by atoms with Crippen molar-refractivity contribution in [3.8, 4) is 5.75 Å². The van der Waals surface area contributed by atoms with Crippen LogP contribution in [0.2, 0.25) is 5.02 Å². The Hall–Kier alpha value is -2.60. The molecular weight excluding hydrogens is 320 g/mol. The number of hydrogen-bond donors (Lipinski definition) is 1. The van der Waals surface area contributed by atoms with Gasteiger partial charge >= 0.3 is 5.97 Å². The van der Waals surface area contributed by atoms with Crippen molar-refractivity contribution in [2.45, 2.75) is 13.0 Å². The van der Waals surface area contributed by atoms with Crippen LogP contribution >= 0.6 is 11.6 Å². The van der Waals surface area contributed by atoms with Crippen molar-refractivity contribution in [2.24, 2.45) is 0 Å². The average molecular weight is 335 g/mol. The molecule has 0 saturated heterocycles. The fraction of sp³-hybridized carbons (Fsp3) is 0.188. The lowest BCUT2D eigenvalue weighted by Gasteiger charge is -2.13. The van der Waals surface area contributed by atoms with Gasteiger partial charge in [-0.2, -0.15) is 0 Å². The Balaban J connectivity index is 1.78. The molecule has 1 aromatic heterocycles. The maximum Gasteiger partial charge on any atom is 0.344 e. The second kappa shape index (κ2) is 8.14. The largest absolute Gasteiger partial charge is 0.482 e. The first-order valence-corrected chi connectivity index (χ1v) is 7.22. The Kier molecular flexibility index (Phi) is 5.94. The highest BCUT2D eigenvalue weighted by molar-refractivity contribution is 6.30. The van der Waals surface area contributed by atoms with E-state index in [-0.39, 0.29) is 6.61 Å². The van der Waals surface area contributed by atoms with Crippen LogP contribution < -0.4 is 10.1 Å². The highest BCUT2D eigenvalue weighted by atomic mass is 35.5. The van der Waals surface area contributed by atoms with Crippen LogP contribution in [0.25, 0.3) is 0 Å². The molecule has 0 aliphatic carbocycles. The van der Waals surface area contributed by atoms with Gasteiger partial charge in [-0.15, -0.1) is 0 Å². The van der Waals surface area contributed by atoms with Gasteiger partial charge in [-0.25, -0.2) is 9.78 Å². The van der Waals surface area contributed by atoms with Gasteiger partial charge in [-0.05, 0) is 31.2 Å². The Morgan fingerprint density at radius 1 is 1.22 bits per heavy atom. The molecule has 1 aromatic carbocycles. The molecule has 6 nitrogen and oxygen atoms in total. The topological polar surface area (TPSA) is 77.5 Å². The second-order valence-corrected chi connectivity index (χ2v) is 5.02. The number of esters is 1. The first-order chi connectivity index (χ1) is 11.0. The number of amides is 1. The van der Waals surface area contributed by atoms with E-state index in [2.05, 4.69) is 10.3 Å². The van der Waals surface area contributed by atoms with E-state index in [1.54, 1.807) is 36.4 Å². The summed E-state index contributed by atoms with van der Waals surface area (Å²) in [5, 5.41) is 2.98. The molecule has 120 valence electrons. The summed E-state index contributed by atoms with van der Waals surface area (Å²) in [6, 6.07) is 12.0. The van der Waals surface area contributed by atoms with Gasteiger partial charge < -0.3 is 14.8 Å². The summed E-state index contributed by atoms with van der Waals surface area (Å²) in [6.07, 6.45) is 0.431. The number of para-hydroxylation sites is 1. The number of nitrogens with zero attached hydrogens (tertiary/aromatic N) is 1. The quantitative estimate of drug-likeness (QED) is 0.822. The molecule has 7 heteroatoms. The summed E-state index contributed by atoms with van der Waals surface area (Å²) in [5.41, 5.74) is 0. The molecule has 0 saturated carbocycles. The van der Waals surface area contributed by atoms with Crippen molar-refractivity contribution >= 4 is 29.3 Å². The summed E-state index contributed by atoms with van der Waals surface area (Å²) in [7, 11) is 0. The molecule has 0 radical (unpaired) electrons. The molecule has 0 fully saturated rings. The van der Waals surface area contributed by atoms with Gasteiger partial charge in [0.15, 0.2) is 12.7 Å².